The van der Waals surface area contributed by atoms with Gasteiger partial charge in [-0.3, -0.25) is 4.79 Å². The first-order valence-electron chi connectivity index (χ1n) is 7.34. The summed E-state index contributed by atoms with van der Waals surface area (Å²) in [5.41, 5.74) is 0.750. The molecule has 1 atom stereocenters. The zero-order chi connectivity index (χ0) is 16.2. The van der Waals surface area contributed by atoms with Crippen molar-refractivity contribution in [2.24, 2.45) is 0 Å². The summed E-state index contributed by atoms with van der Waals surface area (Å²) in [5, 5.41) is 5.72. The van der Waals surface area contributed by atoms with Crippen molar-refractivity contribution in [2.45, 2.75) is 13.0 Å². The largest absolute Gasteiger partial charge is 0.481 e. The summed E-state index contributed by atoms with van der Waals surface area (Å²) in [4.78, 5) is 12.3. The highest BCUT2D eigenvalue weighted by atomic mass is 35.5. The molecule has 0 aliphatic rings. The number of carbonyl (C=O) groups excluding carboxylic acids is 1. The van der Waals surface area contributed by atoms with E-state index >= 15 is 0 Å². The van der Waals surface area contributed by atoms with Crippen LogP contribution in [0.4, 0.5) is 5.69 Å². The minimum atomic E-state index is -0.609. The Bertz CT molecular complexity index is 830. The van der Waals surface area contributed by atoms with Crippen molar-refractivity contribution in [3.05, 3.63) is 71.8 Å². The number of benzene rings is 3. The fraction of sp³-hybridized carbons (Fsp3) is 0.105. The minimum Gasteiger partial charge on any atom is -0.481 e. The van der Waals surface area contributed by atoms with E-state index in [1.807, 2.05) is 42.5 Å². The van der Waals surface area contributed by atoms with Crippen LogP contribution in [0.15, 0.2) is 66.7 Å². The molecule has 23 heavy (non-hydrogen) atoms. The van der Waals surface area contributed by atoms with Crippen molar-refractivity contribution in [1.29, 1.82) is 0 Å². The average Bonchev–Trinajstić information content (AvgIpc) is 2.56. The van der Waals surface area contributed by atoms with E-state index in [4.69, 9.17) is 16.3 Å². The minimum absolute atomic E-state index is 0.199. The summed E-state index contributed by atoms with van der Waals surface area (Å²) in [6, 6.07) is 20.8. The molecule has 0 bridgehead atoms. The van der Waals surface area contributed by atoms with Gasteiger partial charge in [0.2, 0.25) is 0 Å². The summed E-state index contributed by atoms with van der Waals surface area (Å²) in [7, 11) is 0. The Labute approximate surface area is 139 Å². The SMILES string of the molecule is CC(Oc1ccc(Cl)cc1)C(=O)Nc1ccc2ccccc2c1. The third-order valence-electron chi connectivity index (χ3n) is 3.51. The predicted molar refractivity (Wildman–Crippen MR) is 94.1 cm³/mol. The second kappa shape index (κ2) is 6.71. The lowest BCUT2D eigenvalue weighted by atomic mass is 10.1. The Morgan fingerprint density at radius 1 is 1.00 bits per heavy atom. The maximum absolute atomic E-state index is 12.3. The number of hydrogen-bond acceptors (Lipinski definition) is 2. The topological polar surface area (TPSA) is 38.3 Å². The first kappa shape index (κ1) is 15.4. The third-order valence-corrected chi connectivity index (χ3v) is 3.76. The van der Waals surface area contributed by atoms with E-state index in [0.29, 0.717) is 10.8 Å². The highest BCUT2D eigenvalue weighted by Crippen LogP contribution is 2.20. The molecule has 0 heterocycles. The monoisotopic (exact) mass is 325 g/mol. The van der Waals surface area contributed by atoms with E-state index in [2.05, 4.69) is 5.32 Å². The number of nitrogens with one attached hydrogen (secondary N) is 1. The van der Waals surface area contributed by atoms with Gasteiger partial charge < -0.3 is 10.1 Å². The average molecular weight is 326 g/mol. The Morgan fingerprint density at radius 2 is 1.70 bits per heavy atom. The van der Waals surface area contributed by atoms with Crippen molar-refractivity contribution in [3.63, 3.8) is 0 Å². The number of hydrogen-bond donors (Lipinski definition) is 1. The van der Waals surface area contributed by atoms with E-state index < -0.39 is 6.10 Å². The number of fused-ring (bicyclic) bond motifs is 1. The van der Waals surface area contributed by atoms with Crippen LogP contribution < -0.4 is 10.1 Å². The Morgan fingerprint density at radius 3 is 2.43 bits per heavy atom. The maximum atomic E-state index is 12.3. The molecule has 3 aromatic rings. The van der Waals surface area contributed by atoms with Gasteiger partial charge in [0.25, 0.3) is 5.91 Å². The van der Waals surface area contributed by atoms with Crippen LogP contribution in [0.25, 0.3) is 10.8 Å². The van der Waals surface area contributed by atoms with E-state index in [0.717, 1.165) is 16.5 Å². The Hall–Kier alpha value is -2.52. The predicted octanol–water partition coefficient (Wildman–Crippen LogP) is 4.90. The molecule has 0 saturated heterocycles. The van der Waals surface area contributed by atoms with Crippen molar-refractivity contribution >= 4 is 34.0 Å². The zero-order valence-corrected chi connectivity index (χ0v) is 13.4. The number of carbonyl (C=O) groups is 1. The lowest BCUT2D eigenvalue weighted by molar-refractivity contribution is -0.122. The van der Waals surface area contributed by atoms with Gasteiger partial charge >= 0.3 is 0 Å². The van der Waals surface area contributed by atoms with Gasteiger partial charge in [0.15, 0.2) is 6.10 Å². The molecule has 1 amide bonds. The van der Waals surface area contributed by atoms with Crippen molar-refractivity contribution < 1.29 is 9.53 Å². The molecule has 3 aromatic carbocycles. The lowest BCUT2D eigenvalue weighted by Gasteiger charge is -2.15. The van der Waals surface area contributed by atoms with Gasteiger partial charge in [0.1, 0.15) is 5.75 Å². The smallest absolute Gasteiger partial charge is 0.265 e. The van der Waals surface area contributed by atoms with Crippen LogP contribution in [0.1, 0.15) is 6.92 Å². The normalized spacial score (nSPS) is 11.9. The number of ether oxygens (including phenoxy) is 1. The van der Waals surface area contributed by atoms with Crippen LogP contribution in [0.3, 0.4) is 0 Å². The van der Waals surface area contributed by atoms with Gasteiger partial charge in [-0.15, -0.1) is 0 Å². The summed E-state index contributed by atoms with van der Waals surface area (Å²) in [6.07, 6.45) is -0.609. The van der Waals surface area contributed by atoms with Gasteiger partial charge in [-0.05, 0) is 54.1 Å². The Kier molecular flexibility index (Phi) is 4.49. The molecule has 116 valence electrons. The van der Waals surface area contributed by atoms with Crippen molar-refractivity contribution in [2.75, 3.05) is 5.32 Å². The molecule has 0 aliphatic heterocycles. The highest BCUT2D eigenvalue weighted by Gasteiger charge is 2.15. The van der Waals surface area contributed by atoms with Gasteiger partial charge in [-0.2, -0.15) is 0 Å². The molecule has 0 spiro atoms. The van der Waals surface area contributed by atoms with Crippen LogP contribution in [0.5, 0.6) is 5.75 Å². The second-order valence-electron chi connectivity index (χ2n) is 5.27. The number of amides is 1. The Balaban J connectivity index is 1.68. The first-order chi connectivity index (χ1) is 11.1. The van der Waals surface area contributed by atoms with Gasteiger partial charge in [-0.25, -0.2) is 0 Å². The number of anilines is 1. The summed E-state index contributed by atoms with van der Waals surface area (Å²) in [6.45, 7) is 1.71. The molecular formula is C19H16ClNO2. The highest BCUT2D eigenvalue weighted by molar-refractivity contribution is 6.30. The van der Waals surface area contributed by atoms with Crippen LogP contribution in [0.2, 0.25) is 5.02 Å². The number of rotatable bonds is 4. The van der Waals surface area contributed by atoms with Gasteiger partial charge in [0.05, 0.1) is 0 Å². The first-order valence-corrected chi connectivity index (χ1v) is 7.71. The van der Waals surface area contributed by atoms with E-state index in [1.165, 1.54) is 0 Å². The van der Waals surface area contributed by atoms with Gasteiger partial charge in [0, 0.05) is 10.7 Å². The van der Waals surface area contributed by atoms with Crippen LogP contribution in [-0.4, -0.2) is 12.0 Å². The summed E-state index contributed by atoms with van der Waals surface area (Å²) >= 11 is 5.83. The van der Waals surface area contributed by atoms with E-state index in [9.17, 15) is 4.79 Å². The molecule has 0 aliphatic carbocycles. The molecular weight excluding hydrogens is 310 g/mol. The second-order valence-corrected chi connectivity index (χ2v) is 5.70. The quantitative estimate of drug-likeness (QED) is 0.741. The summed E-state index contributed by atoms with van der Waals surface area (Å²) in [5.74, 6) is 0.408. The molecule has 4 heteroatoms. The maximum Gasteiger partial charge on any atom is 0.265 e. The molecule has 0 fully saturated rings. The molecule has 3 rings (SSSR count). The molecule has 3 nitrogen and oxygen atoms in total. The van der Waals surface area contributed by atoms with Crippen molar-refractivity contribution in [3.8, 4) is 5.75 Å². The van der Waals surface area contributed by atoms with Gasteiger partial charge in [-0.1, -0.05) is 41.9 Å². The van der Waals surface area contributed by atoms with Crippen LogP contribution in [0, 0.1) is 0 Å². The van der Waals surface area contributed by atoms with Crippen LogP contribution in [-0.2, 0) is 4.79 Å². The molecule has 0 saturated carbocycles. The van der Waals surface area contributed by atoms with Crippen molar-refractivity contribution in [1.82, 2.24) is 0 Å². The fourth-order valence-electron chi connectivity index (χ4n) is 2.28. The van der Waals surface area contributed by atoms with E-state index in [-0.39, 0.29) is 5.91 Å². The molecule has 0 aromatic heterocycles. The standard InChI is InChI=1S/C19H16ClNO2/c1-13(23-18-10-7-16(20)8-11-18)19(22)21-17-9-6-14-4-2-3-5-15(14)12-17/h2-13H,1H3,(H,21,22). The molecule has 0 radical (unpaired) electrons. The molecule has 1 N–H and O–H groups in total. The lowest BCUT2D eigenvalue weighted by Crippen LogP contribution is -2.30. The molecule has 1 unspecified atom stereocenters. The van der Waals surface area contributed by atoms with E-state index in [1.54, 1.807) is 31.2 Å². The third kappa shape index (κ3) is 3.82. The zero-order valence-electron chi connectivity index (χ0n) is 12.6. The fourth-order valence-corrected chi connectivity index (χ4v) is 2.41. The summed E-state index contributed by atoms with van der Waals surface area (Å²) < 4.78 is 5.62. The van der Waals surface area contributed by atoms with Crippen LogP contribution >= 0.6 is 11.6 Å². The number of halogens is 1.